The molecule has 0 fully saturated rings. The van der Waals surface area contributed by atoms with Crippen LogP contribution in [0.4, 0.5) is 13.2 Å². The number of aliphatic hydroxyl groups is 1. The average Bonchev–Trinajstić information content (AvgIpc) is 2.23. The molecular formula is C12H24F3NO. The van der Waals surface area contributed by atoms with E-state index in [1.54, 1.807) is 13.8 Å². The van der Waals surface area contributed by atoms with E-state index in [1.165, 1.54) is 4.90 Å². The zero-order valence-corrected chi connectivity index (χ0v) is 11.1. The number of rotatable bonds is 7. The van der Waals surface area contributed by atoms with Crippen molar-refractivity contribution in [1.29, 1.82) is 0 Å². The molecular weight excluding hydrogens is 231 g/mol. The Morgan fingerprint density at radius 2 is 1.53 bits per heavy atom. The number of aliphatic hydroxyl groups excluding tert-OH is 1. The fourth-order valence-corrected chi connectivity index (χ4v) is 1.83. The van der Waals surface area contributed by atoms with Crippen LogP contribution >= 0.6 is 0 Å². The first-order valence-electron chi connectivity index (χ1n) is 6.11. The summed E-state index contributed by atoms with van der Waals surface area (Å²) in [7, 11) is 0. The highest BCUT2D eigenvalue weighted by atomic mass is 19.4. The van der Waals surface area contributed by atoms with Crippen LogP contribution < -0.4 is 0 Å². The van der Waals surface area contributed by atoms with Crippen LogP contribution in [-0.4, -0.2) is 41.9 Å². The molecule has 17 heavy (non-hydrogen) atoms. The molecule has 0 aromatic rings. The van der Waals surface area contributed by atoms with Crippen LogP contribution in [0.2, 0.25) is 0 Å². The smallest absolute Gasteiger partial charge is 0.396 e. The molecule has 0 bridgehead atoms. The topological polar surface area (TPSA) is 23.5 Å². The summed E-state index contributed by atoms with van der Waals surface area (Å²) in [6, 6.07) is -0.180. The number of alkyl halides is 3. The van der Waals surface area contributed by atoms with Gasteiger partial charge in [-0.2, -0.15) is 13.2 Å². The van der Waals surface area contributed by atoms with Gasteiger partial charge in [-0.25, -0.2) is 0 Å². The number of hydrogen-bond donors (Lipinski definition) is 1. The molecule has 0 aromatic carbocycles. The van der Waals surface area contributed by atoms with Crippen LogP contribution in [0.1, 0.15) is 40.5 Å². The second-order valence-corrected chi connectivity index (χ2v) is 4.98. The molecule has 0 aromatic heterocycles. The van der Waals surface area contributed by atoms with Gasteiger partial charge in [-0.05, 0) is 26.7 Å². The maximum absolute atomic E-state index is 12.4. The first-order chi connectivity index (χ1) is 7.69. The molecule has 0 heterocycles. The van der Waals surface area contributed by atoms with E-state index in [0.717, 1.165) is 0 Å². The molecule has 1 N–H and O–H groups in total. The molecule has 0 unspecified atom stereocenters. The van der Waals surface area contributed by atoms with Gasteiger partial charge in [0.1, 0.15) is 0 Å². The van der Waals surface area contributed by atoms with Crippen LogP contribution in [0.25, 0.3) is 0 Å². The minimum absolute atomic E-state index is 0.0684. The van der Waals surface area contributed by atoms with Gasteiger partial charge < -0.3 is 5.11 Å². The molecule has 0 saturated carbocycles. The predicted octanol–water partition coefficient (Wildman–Crippen LogP) is 3.06. The van der Waals surface area contributed by atoms with Gasteiger partial charge in [0.05, 0.1) is 6.54 Å². The molecule has 0 aliphatic heterocycles. The van der Waals surface area contributed by atoms with Crippen LogP contribution in [0, 0.1) is 5.41 Å². The van der Waals surface area contributed by atoms with E-state index in [2.05, 4.69) is 0 Å². The molecule has 0 rings (SSSR count). The highest BCUT2D eigenvalue weighted by Gasteiger charge is 2.36. The van der Waals surface area contributed by atoms with Crippen LogP contribution in [-0.2, 0) is 0 Å². The minimum Gasteiger partial charge on any atom is -0.396 e. The van der Waals surface area contributed by atoms with Crippen molar-refractivity contribution in [2.24, 2.45) is 5.41 Å². The van der Waals surface area contributed by atoms with Gasteiger partial charge in [-0.3, -0.25) is 4.90 Å². The average molecular weight is 255 g/mol. The van der Waals surface area contributed by atoms with Crippen molar-refractivity contribution in [2.45, 2.75) is 52.8 Å². The standard InChI is InChI=1S/C12H24F3NO/c1-5-11(6-2,9-17)7-16(10(3)4)8-12(13,14)15/h10,17H,5-9H2,1-4H3. The van der Waals surface area contributed by atoms with Crippen molar-refractivity contribution in [3.05, 3.63) is 0 Å². The summed E-state index contributed by atoms with van der Waals surface area (Å²) in [5, 5.41) is 9.40. The second-order valence-electron chi connectivity index (χ2n) is 4.98. The predicted molar refractivity (Wildman–Crippen MR) is 62.9 cm³/mol. The first kappa shape index (κ1) is 16.7. The summed E-state index contributed by atoms with van der Waals surface area (Å²) < 4.78 is 37.3. The Morgan fingerprint density at radius 3 is 1.76 bits per heavy atom. The lowest BCUT2D eigenvalue weighted by Crippen LogP contribution is -2.46. The van der Waals surface area contributed by atoms with Crippen LogP contribution in [0.15, 0.2) is 0 Å². The maximum atomic E-state index is 12.4. The monoisotopic (exact) mass is 255 g/mol. The third-order valence-electron chi connectivity index (χ3n) is 3.49. The minimum atomic E-state index is -4.19. The van der Waals surface area contributed by atoms with Crippen molar-refractivity contribution in [3.63, 3.8) is 0 Å². The summed E-state index contributed by atoms with van der Waals surface area (Å²) in [6.07, 6.45) is -2.82. The largest absolute Gasteiger partial charge is 0.401 e. The summed E-state index contributed by atoms with van der Waals surface area (Å²) in [6.45, 7) is 6.62. The fourth-order valence-electron chi connectivity index (χ4n) is 1.83. The molecule has 0 aliphatic carbocycles. The highest BCUT2D eigenvalue weighted by Crippen LogP contribution is 2.29. The lowest BCUT2D eigenvalue weighted by molar-refractivity contribution is -0.154. The van der Waals surface area contributed by atoms with Gasteiger partial charge in [0.25, 0.3) is 0 Å². The molecule has 104 valence electrons. The van der Waals surface area contributed by atoms with E-state index in [1.807, 2.05) is 13.8 Å². The van der Waals surface area contributed by atoms with Crippen molar-refractivity contribution in [1.82, 2.24) is 4.90 Å². The zero-order chi connectivity index (χ0) is 13.7. The first-order valence-corrected chi connectivity index (χ1v) is 6.11. The Labute approximate surface area is 102 Å². The Balaban J connectivity index is 4.74. The summed E-state index contributed by atoms with van der Waals surface area (Å²) in [4.78, 5) is 1.39. The molecule has 2 nitrogen and oxygen atoms in total. The molecule has 0 radical (unpaired) electrons. The summed E-state index contributed by atoms with van der Waals surface area (Å²) >= 11 is 0. The van der Waals surface area contributed by atoms with Crippen molar-refractivity contribution < 1.29 is 18.3 Å². The van der Waals surface area contributed by atoms with Gasteiger partial charge in [-0.1, -0.05) is 13.8 Å². The summed E-state index contributed by atoms with van der Waals surface area (Å²) in [5.74, 6) is 0. The highest BCUT2D eigenvalue weighted by molar-refractivity contribution is 4.82. The Bertz CT molecular complexity index is 204. The van der Waals surface area contributed by atoms with E-state index in [4.69, 9.17) is 0 Å². The number of halogens is 3. The third-order valence-corrected chi connectivity index (χ3v) is 3.49. The molecule has 5 heteroatoms. The lowest BCUT2D eigenvalue weighted by atomic mass is 9.82. The van der Waals surface area contributed by atoms with Gasteiger partial charge >= 0.3 is 6.18 Å². The Kier molecular flexibility index (Phi) is 6.48. The normalized spacial score (nSPS) is 13.8. The maximum Gasteiger partial charge on any atom is 0.401 e. The van der Waals surface area contributed by atoms with Crippen LogP contribution in [0.3, 0.4) is 0 Å². The van der Waals surface area contributed by atoms with Gasteiger partial charge in [0.15, 0.2) is 0 Å². The van der Waals surface area contributed by atoms with E-state index in [0.29, 0.717) is 12.8 Å². The molecule has 0 saturated heterocycles. The molecule has 0 amide bonds. The second kappa shape index (κ2) is 6.59. The fraction of sp³-hybridized carbons (Fsp3) is 1.00. The van der Waals surface area contributed by atoms with Gasteiger partial charge in [-0.15, -0.1) is 0 Å². The zero-order valence-electron chi connectivity index (χ0n) is 11.1. The SMILES string of the molecule is CCC(CC)(CO)CN(CC(F)(F)F)C(C)C. The third kappa shape index (κ3) is 5.73. The molecule has 0 atom stereocenters. The summed E-state index contributed by atoms with van der Waals surface area (Å²) in [5.41, 5.74) is -0.421. The molecule has 0 aliphatic rings. The van der Waals surface area contributed by atoms with E-state index in [-0.39, 0.29) is 19.2 Å². The van der Waals surface area contributed by atoms with Crippen molar-refractivity contribution >= 4 is 0 Å². The molecule has 0 spiro atoms. The van der Waals surface area contributed by atoms with E-state index >= 15 is 0 Å². The Hall–Kier alpha value is -0.290. The quantitative estimate of drug-likeness (QED) is 0.755. The Morgan fingerprint density at radius 1 is 1.06 bits per heavy atom. The van der Waals surface area contributed by atoms with E-state index in [9.17, 15) is 18.3 Å². The lowest BCUT2D eigenvalue weighted by Gasteiger charge is -2.38. The van der Waals surface area contributed by atoms with Crippen LogP contribution in [0.5, 0.6) is 0 Å². The van der Waals surface area contributed by atoms with Gasteiger partial charge in [0.2, 0.25) is 0 Å². The van der Waals surface area contributed by atoms with Crippen molar-refractivity contribution in [3.8, 4) is 0 Å². The van der Waals surface area contributed by atoms with E-state index < -0.39 is 18.1 Å². The van der Waals surface area contributed by atoms with Gasteiger partial charge in [0, 0.05) is 24.6 Å². The van der Waals surface area contributed by atoms with Crippen molar-refractivity contribution in [2.75, 3.05) is 19.7 Å². The number of hydrogen-bond acceptors (Lipinski definition) is 2. The number of nitrogens with zero attached hydrogens (tertiary/aromatic N) is 1.